The lowest BCUT2D eigenvalue weighted by molar-refractivity contribution is 0.0950. The Labute approximate surface area is 132 Å². The van der Waals surface area contributed by atoms with Crippen LogP contribution >= 0.6 is 15.9 Å². The van der Waals surface area contributed by atoms with E-state index in [2.05, 4.69) is 21.2 Å². The number of halogens is 1. The van der Waals surface area contributed by atoms with Gasteiger partial charge in [-0.1, -0.05) is 22.0 Å². The lowest BCUT2D eigenvalue weighted by Crippen LogP contribution is -2.23. The van der Waals surface area contributed by atoms with Crippen molar-refractivity contribution in [1.29, 1.82) is 0 Å². The van der Waals surface area contributed by atoms with Crippen molar-refractivity contribution in [3.8, 4) is 5.75 Å². The summed E-state index contributed by atoms with van der Waals surface area (Å²) >= 11 is 3.39. The van der Waals surface area contributed by atoms with Gasteiger partial charge in [-0.05, 0) is 48.4 Å². The van der Waals surface area contributed by atoms with Gasteiger partial charge in [0.15, 0.2) is 0 Å². The van der Waals surface area contributed by atoms with Crippen molar-refractivity contribution in [3.63, 3.8) is 0 Å². The van der Waals surface area contributed by atoms with E-state index in [1.54, 1.807) is 25.3 Å². The van der Waals surface area contributed by atoms with Crippen molar-refractivity contribution in [3.05, 3.63) is 57.6 Å². The number of aryl methyl sites for hydroxylation is 1. The van der Waals surface area contributed by atoms with Gasteiger partial charge in [-0.15, -0.1) is 0 Å². The maximum absolute atomic E-state index is 12.2. The number of ether oxygens (including phenoxy) is 1. The van der Waals surface area contributed by atoms with Gasteiger partial charge in [0.25, 0.3) is 5.91 Å². The molecule has 0 aliphatic rings. The van der Waals surface area contributed by atoms with Crippen molar-refractivity contribution >= 4 is 27.5 Å². The summed E-state index contributed by atoms with van der Waals surface area (Å²) in [5.41, 5.74) is 8.93. The molecule has 0 atom stereocenters. The predicted molar refractivity (Wildman–Crippen MR) is 87.5 cm³/mol. The largest absolute Gasteiger partial charge is 0.495 e. The molecule has 0 aliphatic heterocycles. The maximum Gasteiger partial charge on any atom is 0.251 e. The minimum absolute atomic E-state index is 0.102. The molecule has 0 aliphatic carbocycles. The number of amides is 1. The molecule has 4 nitrogen and oxygen atoms in total. The standard InChI is InChI=1S/C16H17BrN2O2/c1-10-7-12(17)4-5-13(10)16(20)19-9-11-3-6-15(21-2)14(18)8-11/h3-8H,9,18H2,1-2H3,(H,19,20). The lowest BCUT2D eigenvalue weighted by Gasteiger charge is -2.10. The normalized spacial score (nSPS) is 10.2. The first-order valence-corrected chi connectivity index (χ1v) is 7.27. The number of benzene rings is 2. The highest BCUT2D eigenvalue weighted by Gasteiger charge is 2.09. The number of carbonyl (C=O) groups is 1. The van der Waals surface area contributed by atoms with Crippen LogP contribution < -0.4 is 15.8 Å². The maximum atomic E-state index is 12.2. The number of nitrogens with one attached hydrogen (secondary N) is 1. The first kappa shape index (κ1) is 15.4. The molecule has 3 N–H and O–H groups in total. The molecule has 110 valence electrons. The van der Waals surface area contributed by atoms with Gasteiger partial charge < -0.3 is 15.8 Å². The fourth-order valence-corrected chi connectivity index (χ4v) is 2.53. The van der Waals surface area contributed by atoms with Gasteiger partial charge in [0.1, 0.15) is 5.75 Å². The Morgan fingerprint density at radius 2 is 2.05 bits per heavy atom. The second kappa shape index (κ2) is 6.63. The van der Waals surface area contributed by atoms with Gasteiger partial charge in [0.05, 0.1) is 12.8 Å². The molecule has 0 aromatic heterocycles. The number of anilines is 1. The van der Waals surface area contributed by atoms with Crippen LogP contribution in [0, 0.1) is 6.92 Å². The number of nitrogens with two attached hydrogens (primary N) is 1. The molecule has 2 aromatic rings. The molecular weight excluding hydrogens is 332 g/mol. The fourth-order valence-electron chi connectivity index (χ4n) is 2.05. The van der Waals surface area contributed by atoms with Gasteiger partial charge in [-0.2, -0.15) is 0 Å². The zero-order valence-corrected chi connectivity index (χ0v) is 13.5. The number of methoxy groups -OCH3 is 1. The van der Waals surface area contributed by atoms with E-state index in [4.69, 9.17) is 10.5 Å². The van der Waals surface area contributed by atoms with E-state index in [9.17, 15) is 4.79 Å². The molecule has 0 heterocycles. The van der Waals surface area contributed by atoms with E-state index < -0.39 is 0 Å². The second-order valence-corrected chi connectivity index (χ2v) is 5.63. The Morgan fingerprint density at radius 3 is 2.67 bits per heavy atom. The Bertz CT molecular complexity index is 671. The molecule has 0 unspecified atom stereocenters. The van der Waals surface area contributed by atoms with E-state index in [0.717, 1.165) is 15.6 Å². The number of rotatable bonds is 4. The van der Waals surface area contributed by atoms with Gasteiger partial charge in [-0.25, -0.2) is 0 Å². The van der Waals surface area contributed by atoms with E-state index in [-0.39, 0.29) is 5.91 Å². The summed E-state index contributed by atoms with van der Waals surface area (Å²) in [6.45, 7) is 2.33. The highest BCUT2D eigenvalue weighted by atomic mass is 79.9. The third-order valence-corrected chi connectivity index (χ3v) is 3.67. The molecule has 2 rings (SSSR count). The van der Waals surface area contributed by atoms with E-state index >= 15 is 0 Å². The lowest BCUT2D eigenvalue weighted by atomic mass is 10.1. The topological polar surface area (TPSA) is 64.3 Å². The van der Waals surface area contributed by atoms with Crippen LogP contribution in [0.25, 0.3) is 0 Å². The molecule has 0 spiro atoms. The average Bonchev–Trinajstić information content (AvgIpc) is 2.45. The van der Waals surface area contributed by atoms with Crippen molar-refractivity contribution in [2.75, 3.05) is 12.8 Å². The molecule has 21 heavy (non-hydrogen) atoms. The van der Waals surface area contributed by atoms with Crippen LogP contribution in [0.3, 0.4) is 0 Å². The SMILES string of the molecule is COc1ccc(CNC(=O)c2ccc(Br)cc2C)cc1N. The Morgan fingerprint density at radius 1 is 1.29 bits per heavy atom. The number of carbonyl (C=O) groups excluding carboxylic acids is 1. The molecule has 0 radical (unpaired) electrons. The summed E-state index contributed by atoms with van der Waals surface area (Å²) in [7, 11) is 1.57. The summed E-state index contributed by atoms with van der Waals surface area (Å²) in [5, 5.41) is 2.89. The van der Waals surface area contributed by atoms with Crippen molar-refractivity contribution in [1.82, 2.24) is 5.32 Å². The summed E-state index contributed by atoms with van der Waals surface area (Å²) in [4.78, 5) is 12.2. The Balaban J connectivity index is 2.05. The molecule has 1 amide bonds. The molecular formula is C16H17BrN2O2. The first-order valence-electron chi connectivity index (χ1n) is 6.48. The summed E-state index contributed by atoms with van der Waals surface area (Å²) in [6, 6.07) is 11.0. The molecule has 2 aromatic carbocycles. The molecule has 0 fully saturated rings. The van der Waals surface area contributed by atoms with Crippen LogP contribution in [0.2, 0.25) is 0 Å². The average molecular weight is 349 g/mol. The quantitative estimate of drug-likeness (QED) is 0.833. The number of nitrogen functional groups attached to an aromatic ring is 1. The summed E-state index contributed by atoms with van der Waals surface area (Å²) < 4.78 is 6.06. The van der Waals surface area contributed by atoms with Crippen molar-refractivity contribution < 1.29 is 9.53 Å². The van der Waals surface area contributed by atoms with E-state index in [0.29, 0.717) is 23.5 Å². The minimum atomic E-state index is -0.102. The van der Waals surface area contributed by atoms with Crippen molar-refractivity contribution in [2.24, 2.45) is 0 Å². The van der Waals surface area contributed by atoms with Gasteiger partial charge in [-0.3, -0.25) is 4.79 Å². The molecule has 0 saturated heterocycles. The highest BCUT2D eigenvalue weighted by molar-refractivity contribution is 9.10. The minimum Gasteiger partial charge on any atom is -0.495 e. The number of hydrogen-bond acceptors (Lipinski definition) is 3. The Kier molecular flexibility index (Phi) is 4.85. The molecule has 0 saturated carbocycles. The van der Waals surface area contributed by atoms with Gasteiger partial charge in [0, 0.05) is 16.6 Å². The second-order valence-electron chi connectivity index (χ2n) is 4.72. The highest BCUT2D eigenvalue weighted by Crippen LogP contribution is 2.22. The molecule has 0 bridgehead atoms. The van der Waals surface area contributed by atoms with Crippen LogP contribution in [0.5, 0.6) is 5.75 Å². The van der Waals surface area contributed by atoms with Crippen LogP contribution in [-0.2, 0) is 6.54 Å². The third-order valence-electron chi connectivity index (χ3n) is 3.18. The van der Waals surface area contributed by atoms with Crippen LogP contribution in [0.4, 0.5) is 5.69 Å². The Hall–Kier alpha value is -2.01. The fraction of sp³-hybridized carbons (Fsp3) is 0.188. The van der Waals surface area contributed by atoms with Crippen molar-refractivity contribution in [2.45, 2.75) is 13.5 Å². The van der Waals surface area contributed by atoms with E-state index in [1.807, 2.05) is 25.1 Å². The first-order chi connectivity index (χ1) is 10.0. The van der Waals surface area contributed by atoms with Gasteiger partial charge >= 0.3 is 0 Å². The summed E-state index contributed by atoms with van der Waals surface area (Å²) in [6.07, 6.45) is 0. The predicted octanol–water partition coefficient (Wildman–Crippen LogP) is 3.28. The van der Waals surface area contributed by atoms with E-state index in [1.165, 1.54) is 0 Å². The van der Waals surface area contributed by atoms with Crippen LogP contribution in [0.1, 0.15) is 21.5 Å². The smallest absolute Gasteiger partial charge is 0.251 e. The summed E-state index contributed by atoms with van der Waals surface area (Å²) in [5.74, 6) is 0.531. The molecule has 5 heteroatoms. The van der Waals surface area contributed by atoms with Crippen LogP contribution in [0.15, 0.2) is 40.9 Å². The monoisotopic (exact) mass is 348 g/mol. The zero-order chi connectivity index (χ0) is 15.4. The third kappa shape index (κ3) is 3.76. The van der Waals surface area contributed by atoms with Crippen LogP contribution in [-0.4, -0.2) is 13.0 Å². The zero-order valence-electron chi connectivity index (χ0n) is 11.9. The number of hydrogen-bond donors (Lipinski definition) is 2. The van der Waals surface area contributed by atoms with Gasteiger partial charge in [0.2, 0.25) is 0 Å².